The Morgan fingerprint density at radius 2 is 1.92 bits per heavy atom. The molecule has 0 aromatic heterocycles. The molecule has 0 amide bonds. The minimum atomic E-state index is -0.745. The molecule has 9 nitrogen and oxygen atoms in total. The maximum absolute atomic E-state index is 11.6. The van der Waals surface area contributed by atoms with E-state index in [-0.39, 0.29) is 54.1 Å². The van der Waals surface area contributed by atoms with Gasteiger partial charge in [0.05, 0.1) is 53.7 Å². The molecule has 2 atom stereocenters. The average molecular weight is 364 g/mol. The van der Waals surface area contributed by atoms with Gasteiger partial charge in [-0.05, 0) is 19.9 Å². The molecule has 5 N–H and O–H groups in total. The molecule has 1 aromatic rings. The van der Waals surface area contributed by atoms with Crippen LogP contribution < -0.4 is 11.1 Å². The van der Waals surface area contributed by atoms with Gasteiger partial charge < -0.3 is 30.7 Å². The number of aliphatic hydroxyl groups is 2. The molecule has 10 heteroatoms. The normalized spacial score (nSPS) is 13.5. The number of hydrogen-bond acceptors (Lipinski definition) is 8. The number of halogens is 1. The molecule has 0 aliphatic heterocycles. The minimum Gasteiger partial charge on any atom is -0.397 e. The first kappa shape index (κ1) is 20.4. The van der Waals surface area contributed by atoms with E-state index in [1.807, 2.05) is 0 Å². The lowest BCUT2D eigenvalue weighted by molar-refractivity contribution is -0.385. The zero-order chi connectivity index (χ0) is 18.3. The van der Waals surface area contributed by atoms with Gasteiger partial charge in [-0.15, -0.1) is 0 Å². The van der Waals surface area contributed by atoms with Gasteiger partial charge in [0.2, 0.25) is 0 Å². The summed E-state index contributed by atoms with van der Waals surface area (Å²) < 4.78 is 10.6. The van der Waals surface area contributed by atoms with Gasteiger partial charge in [0.1, 0.15) is 11.9 Å². The van der Waals surface area contributed by atoms with Gasteiger partial charge in [-0.2, -0.15) is 0 Å². The SMILES string of the molecule is CC(Nc1cc(Cl)c(N)c(C(C)OCCO)c1[N+](=O)[O-])OCCO. The fourth-order valence-corrected chi connectivity index (χ4v) is 2.41. The van der Waals surface area contributed by atoms with Crippen molar-refractivity contribution in [3.05, 3.63) is 26.8 Å². The highest BCUT2D eigenvalue weighted by Crippen LogP contribution is 2.42. The number of nitrogens with two attached hydrogens (primary N) is 1. The molecule has 0 aliphatic rings. The number of ether oxygens (including phenoxy) is 2. The summed E-state index contributed by atoms with van der Waals surface area (Å²) in [7, 11) is 0. The van der Waals surface area contributed by atoms with Gasteiger partial charge in [0.15, 0.2) is 0 Å². The first-order valence-electron chi connectivity index (χ1n) is 7.31. The Bertz CT molecular complexity index is 572. The Balaban J connectivity index is 3.28. The van der Waals surface area contributed by atoms with E-state index in [1.165, 1.54) is 6.07 Å². The van der Waals surface area contributed by atoms with E-state index in [1.54, 1.807) is 13.8 Å². The van der Waals surface area contributed by atoms with Crippen molar-refractivity contribution in [1.82, 2.24) is 0 Å². The maximum Gasteiger partial charge on any atom is 0.300 e. The summed E-state index contributed by atoms with van der Waals surface area (Å²) in [5, 5.41) is 32.1. The van der Waals surface area contributed by atoms with E-state index in [0.717, 1.165) is 0 Å². The van der Waals surface area contributed by atoms with Crippen LogP contribution in [0.25, 0.3) is 0 Å². The van der Waals surface area contributed by atoms with E-state index >= 15 is 0 Å². The summed E-state index contributed by atoms with van der Waals surface area (Å²) in [5.41, 5.74) is 5.92. The zero-order valence-electron chi connectivity index (χ0n) is 13.5. The maximum atomic E-state index is 11.6. The number of nitrogens with zero attached hydrogens (tertiary/aromatic N) is 1. The molecule has 1 rings (SSSR count). The highest BCUT2D eigenvalue weighted by atomic mass is 35.5. The van der Waals surface area contributed by atoms with Crippen LogP contribution in [0.5, 0.6) is 0 Å². The largest absolute Gasteiger partial charge is 0.397 e. The topological polar surface area (TPSA) is 140 Å². The van der Waals surface area contributed by atoms with Crippen molar-refractivity contribution in [2.75, 3.05) is 37.5 Å². The Kier molecular flexibility index (Phi) is 8.16. The third kappa shape index (κ3) is 5.18. The molecule has 0 saturated carbocycles. The van der Waals surface area contributed by atoms with Crippen LogP contribution in [0.2, 0.25) is 5.02 Å². The quantitative estimate of drug-likeness (QED) is 0.213. The Hall–Kier alpha value is -1.65. The van der Waals surface area contributed by atoms with Crippen LogP contribution in [-0.4, -0.2) is 47.8 Å². The summed E-state index contributed by atoms with van der Waals surface area (Å²) in [5.74, 6) is 0. The number of nitro groups is 1. The highest BCUT2D eigenvalue weighted by Gasteiger charge is 2.29. The lowest BCUT2D eigenvalue weighted by atomic mass is 10.0. The third-order valence-corrected chi connectivity index (χ3v) is 3.51. The second-order valence-electron chi connectivity index (χ2n) is 4.96. The number of anilines is 2. The molecule has 0 saturated heterocycles. The number of rotatable bonds is 10. The molecule has 1 aromatic carbocycles. The van der Waals surface area contributed by atoms with E-state index < -0.39 is 17.3 Å². The number of nitrogens with one attached hydrogen (secondary N) is 1. The smallest absolute Gasteiger partial charge is 0.300 e. The van der Waals surface area contributed by atoms with E-state index in [2.05, 4.69) is 5.32 Å². The van der Waals surface area contributed by atoms with E-state index in [4.69, 9.17) is 37.0 Å². The Labute approximate surface area is 144 Å². The molecular formula is C14H22ClN3O6. The molecule has 0 aliphatic carbocycles. The standard InChI is InChI=1S/C14H22ClN3O6/c1-8(23-5-3-19)12-13(16)10(15)7-11(14(12)18(21)22)17-9(2)24-6-4-20/h7-9,17,19-20H,3-6,16H2,1-2H3. The number of aliphatic hydroxyl groups excluding tert-OH is 2. The fraction of sp³-hybridized carbons (Fsp3) is 0.571. The first-order valence-corrected chi connectivity index (χ1v) is 7.68. The second-order valence-corrected chi connectivity index (χ2v) is 5.36. The lowest BCUT2D eigenvalue weighted by Crippen LogP contribution is -2.22. The van der Waals surface area contributed by atoms with Gasteiger partial charge in [0.25, 0.3) is 5.69 Å². The summed E-state index contributed by atoms with van der Waals surface area (Å²) >= 11 is 6.09. The molecule has 136 valence electrons. The summed E-state index contributed by atoms with van der Waals surface area (Å²) in [6.45, 7) is 2.90. The number of benzene rings is 1. The molecule has 2 unspecified atom stereocenters. The van der Waals surface area contributed by atoms with Crippen LogP contribution in [0.3, 0.4) is 0 Å². The predicted octanol–water partition coefficient (Wildman–Crippen LogP) is 1.67. The monoisotopic (exact) mass is 363 g/mol. The molecule has 0 radical (unpaired) electrons. The van der Waals surface area contributed by atoms with Gasteiger partial charge in [0, 0.05) is 0 Å². The van der Waals surface area contributed by atoms with Crippen molar-refractivity contribution in [2.24, 2.45) is 0 Å². The zero-order valence-corrected chi connectivity index (χ0v) is 14.2. The van der Waals surface area contributed by atoms with Crippen LogP contribution in [0.4, 0.5) is 17.1 Å². The number of nitro benzene ring substituents is 1. The number of hydrogen-bond donors (Lipinski definition) is 4. The second kappa shape index (κ2) is 9.60. The fourth-order valence-electron chi connectivity index (χ4n) is 2.20. The number of nitrogen functional groups attached to an aromatic ring is 1. The van der Waals surface area contributed by atoms with Crippen molar-refractivity contribution in [3.63, 3.8) is 0 Å². The van der Waals surface area contributed by atoms with Crippen molar-refractivity contribution in [2.45, 2.75) is 26.2 Å². The van der Waals surface area contributed by atoms with Gasteiger partial charge >= 0.3 is 0 Å². The molecule has 0 fully saturated rings. The van der Waals surface area contributed by atoms with Crippen molar-refractivity contribution in [1.29, 1.82) is 0 Å². The van der Waals surface area contributed by atoms with E-state index in [0.29, 0.717) is 0 Å². The Morgan fingerprint density at radius 1 is 1.33 bits per heavy atom. The van der Waals surface area contributed by atoms with Crippen LogP contribution >= 0.6 is 11.6 Å². The minimum absolute atomic E-state index is 0.00303. The van der Waals surface area contributed by atoms with Crippen molar-refractivity contribution in [3.8, 4) is 0 Å². The first-order chi connectivity index (χ1) is 11.3. The van der Waals surface area contributed by atoms with Gasteiger partial charge in [-0.1, -0.05) is 11.6 Å². The molecule has 24 heavy (non-hydrogen) atoms. The lowest BCUT2D eigenvalue weighted by Gasteiger charge is -2.21. The van der Waals surface area contributed by atoms with Crippen LogP contribution in [0.1, 0.15) is 25.5 Å². The predicted molar refractivity (Wildman–Crippen MR) is 90.1 cm³/mol. The molecule has 0 bridgehead atoms. The highest BCUT2D eigenvalue weighted by molar-refractivity contribution is 6.33. The van der Waals surface area contributed by atoms with Gasteiger partial charge in [-0.25, -0.2) is 0 Å². The third-order valence-electron chi connectivity index (χ3n) is 3.19. The summed E-state index contributed by atoms with van der Waals surface area (Å²) in [6, 6.07) is 1.34. The summed E-state index contributed by atoms with van der Waals surface area (Å²) in [6.07, 6.45) is -1.34. The van der Waals surface area contributed by atoms with Crippen LogP contribution in [0.15, 0.2) is 6.07 Å². The van der Waals surface area contributed by atoms with E-state index in [9.17, 15) is 10.1 Å². The van der Waals surface area contributed by atoms with Crippen LogP contribution in [0, 0.1) is 10.1 Å². The Morgan fingerprint density at radius 3 is 2.46 bits per heavy atom. The van der Waals surface area contributed by atoms with Crippen molar-refractivity contribution < 1.29 is 24.6 Å². The molecule has 0 heterocycles. The molecular weight excluding hydrogens is 342 g/mol. The average Bonchev–Trinajstić information content (AvgIpc) is 2.53. The van der Waals surface area contributed by atoms with Crippen molar-refractivity contribution >= 4 is 28.7 Å². The van der Waals surface area contributed by atoms with Crippen LogP contribution in [-0.2, 0) is 9.47 Å². The molecule has 0 spiro atoms. The summed E-state index contributed by atoms with van der Waals surface area (Å²) in [4.78, 5) is 11.0. The van der Waals surface area contributed by atoms with Gasteiger partial charge in [-0.3, -0.25) is 10.1 Å².